The van der Waals surface area contributed by atoms with Gasteiger partial charge in [0.2, 0.25) is 29.5 Å². The molecule has 1 aliphatic carbocycles. The number of aliphatic hydroxyl groups is 1. The van der Waals surface area contributed by atoms with Crippen LogP contribution in [0.5, 0.6) is 5.75 Å². The number of alkyl halides is 4. The number of aromatic nitrogens is 4. The fourth-order valence-electron chi connectivity index (χ4n) is 10.1. The second kappa shape index (κ2) is 23.0. The first-order valence-corrected chi connectivity index (χ1v) is 27.0. The molecule has 0 bridgehead atoms. The van der Waals surface area contributed by atoms with Gasteiger partial charge in [0.25, 0.3) is 5.91 Å². The molecule has 24 heteroatoms. The highest BCUT2D eigenvalue weighted by molar-refractivity contribution is 7.13. The summed E-state index contributed by atoms with van der Waals surface area (Å²) in [6.45, 7) is 7.40. The Balaban J connectivity index is 0.815. The zero-order valence-electron chi connectivity index (χ0n) is 44.4. The van der Waals surface area contributed by atoms with E-state index in [9.17, 15) is 51.4 Å². The van der Waals surface area contributed by atoms with E-state index in [4.69, 9.17) is 5.73 Å². The normalized spacial score (nSPS) is 17.4. The molecule has 4 atom stereocenters. The van der Waals surface area contributed by atoms with Crippen molar-refractivity contribution in [3.05, 3.63) is 107 Å². The minimum absolute atomic E-state index is 0.0428. The molecule has 1 unspecified atom stereocenters. The number of halogens is 4. The van der Waals surface area contributed by atoms with E-state index in [-0.39, 0.29) is 63.5 Å². The van der Waals surface area contributed by atoms with Gasteiger partial charge in [0, 0.05) is 50.0 Å². The summed E-state index contributed by atoms with van der Waals surface area (Å²) in [7, 11) is 0. The molecular weight excluding hydrogens is 1060 g/mol. The number of aryl methyl sites for hydroxylation is 2. The lowest BCUT2D eigenvalue weighted by Gasteiger charge is -2.36. The number of ether oxygens (including phenoxy) is 1. The predicted molar refractivity (Wildman–Crippen MR) is 289 cm³/mol. The van der Waals surface area contributed by atoms with Crippen LogP contribution in [0.1, 0.15) is 81.3 Å². The number of fused-ring (bicyclic) bond motifs is 2. The molecule has 5 heterocycles. The van der Waals surface area contributed by atoms with Crippen molar-refractivity contribution in [3.8, 4) is 27.3 Å². The van der Waals surface area contributed by atoms with Crippen molar-refractivity contribution in [1.82, 2.24) is 45.7 Å². The molecule has 2 fully saturated rings. The van der Waals surface area contributed by atoms with Crippen LogP contribution in [0, 0.1) is 12.3 Å². The van der Waals surface area contributed by atoms with E-state index >= 15 is 0 Å². The number of nitrogens with zero attached hydrogens (tertiary/aromatic N) is 6. The van der Waals surface area contributed by atoms with E-state index in [0.717, 1.165) is 32.8 Å². The van der Waals surface area contributed by atoms with Crippen LogP contribution in [0.25, 0.3) is 32.6 Å². The first-order valence-electron chi connectivity index (χ1n) is 26.1. The number of nitrogens with one attached hydrogen (secondary N) is 4. The molecule has 1 saturated heterocycles. The summed E-state index contributed by atoms with van der Waals surface area (Å²) in [6.07, 6.45) is -2.19. The number of aliphatic hydroxyl groups excluding tert-OH is 1. The molecule has 3 aliphatic rings. The second-order valence-electron chi connectivity index (χ2n) is 21.5. The van der Waals surface area contributed by atoms with Crippen LogP contribution < -0.4 is 36.6 Å². The van der Waals surface area contributed by atoms with Crippen LogP contribution >= 0.6 is 11.3 Å². The maximum atomic E-state index is 14.8. The highest BCUT2D eigenvalue weighted by Gasteiger charge is 2.53. The Morgan fingerprint density at radius 2 is 1.69 bits per heavy atom. The Hall–Kier alpha value is -7.99. The number of anilines is 2. The standard InChI is InChI=1S/C56H61F4N11O8S/c1-31-47(80-30-66-31)34-11-9-33(10-12-34)40(67-51(76)42-24-37(72)27-71(42)52(77)48(54(2,3)4)68-53(78)55(57)16-17-55)25-43(73)63-26-44(74)62-18-6-19-69-28-39(46-49(61)64-29-65-50(46)69)35-13-14-41-36(23-35)15-20-70(41)45(75)22-32-7-5-8-38(21-32)79-56(58,59)60/h5,7-14,21,23,28-30,37,40,42,48,72H,6,15-20,22,24-27H2,1-4H3,(H,62,74)(H,63,73)(H,67,76)(H,68,78)(H2,61,64,65)/t37-,40+,42+,48?/m1/s1. The van der Waals surface area contributed by atoms with Crippen molar-refractivity contribution < 1.29 is 56.2 Å². The molecule has 422 valence electrons. The summed E-state index contributed by atoms with van der Waals surface area (Å²) < 4.78 is 59.2. The monoisotopic (exact) mass is 1120 g/mol. The van der Waals surface area contributed by atoms with Crippen LogP contribution in [0.15, 0.2) is 84.8 Å². The third kappa shape index (κ3) is 13.0. The lowest BCUT2D eigenvalue weighted by molar-refractivity contribution is -0.274. The number of carbonyl (C=O) groups excluding carboxylic acids is 6. The predicted octanol–water partition coefficient (Wildman–Crippen LogP) is 6.01. The van der Waals surface area contributed by atoms with Gasteiger partial charge in [0.15, 0.2) is 5.67 Å². The van der Waals surface area contributed by atoms with Gasteiger partial charge in [-0.2, -0.15) is 0 Å². The highest BCUT2D eigenvalue weighted by Crippen LogP contribution is 2.41. The first-order chi connectivity index (χ1) is 37.9. The summed E-state index contributed by atoms with van der Waals surface area (Å²) in [5.41, 5.74) is 11.5. The van der Waals surface area contributed by atoms with Gasteiger partial charge in [-0.15, -0.1) is 24.5 Å². The van der Waals surface area contributed by atoms with Gasteiger partial charge in [-0.25, -0.2) is 19.3 Å². The van der Waals surface area contributed by atoms with Crippen LogP contribution in [0.4, 0.5) is 29.1 Å². The van der Waals surface area contributed by atoms with Gasteiger partial charge in [-0.1, -0.05) is 63.2 Å². The number of hydrogen-bond acceptors (Lipinski definition) is 13. The van der Waals surface area contributed by atoms with Crippen molar-refractivity contribution >= 4 is 69.3 Å². The first kappa shape index (κ1) is 56.7. The van der Waals surface area contributed by atoms with E-state index in [2.05, 4.69) is 41.0 Å². The third-order valence-corrected chi connectivity index (χ3v) is 15.5. The van der Waals surface area contributed by atoms with Gasteiger partial charge in [-0.05, 0) is 90.1 Å². The van der Waals surface area contributed by atoms with E-state index < -0.39 is 77.0 Å². The fourth-order valence-corrected chi connectivity index (χ4v) is 11.0. The Bertz CT molecular complexity index is 3340. The summed E-state index contributed by atoms with van der Waals surface area (Å²) in [5, 5.41) is 22.3. The molecule has 6 aromatic rings. The van der Waals surface area contributed by atoms with Gasteiger partial charge in [-0.3, -0.25) is 28.8 Å². The number of nitrogen functional groups attached to an aromatic ring is 1. The largest absolute Gasteiger partial charge is 0.573 e. The molecule has 6 amide bonds. The molecule has 2 aliphatic heterocycles. The quantitative estimate of drug-likeness (QED) is 0.0403. The van der Waals surface area contributed by atoms with Crippen molar-refractivity contribution in [2.75, 3.05) is 36.8 Å². The maximum Gasteiger partial charge on any atom is 0.573 e. The number of nitrogens with two attached hydrogens (primary N) is 1. The van der Waals surface area contributed by atoms with E-state index in [0.29, 0.717) is 53.8 Å². The van der Waals surface area contributed by atoms with Crippen LogP contribution in [-0.4, -0.2) is 121 Å². The Kier molecular flexibility index (Phi) is 16.3. The van der Waals surface area contributed by atoms with Crippen LogP contribution in [0.3, 0.4) is 0 Å². The molecule has 7 N–H and O–H groups in total. The van der Waals surface area contributed by atoms with Crippen molar-refractivity contribution in [3.63, 3.8) is 0 Å². The van der Waals surface area contributed by atoms with E-state index in [1.165, 1.54) is 40.8 Å². The number of amides is 6. The Labute approximate surface area is 461 Å². The minimum Gasteiger partial charge on any atom is -0.406 e. The fraction of sp³-hybridized carbons (Fsp3) is 0.411. The molecule has 3 aromatic carbocycles. The topological polar surface area (TPSA) is 256 Å². The molecule has 0 spiro atoms. The van der Waals surface area contributed by atoms with Crippen molar-refractivity contribution in [2.45, 2.75) is 115 Å². The minimum atomic E-state index is -4.86. The molecule has 80 heavy (non-hydrogen) atoms. The smallest absolute Gasteiger partial charge is 0.406 e. The van der Waals surface area contributed by atoms with E-state index in [1.807, 2.05) is 48.0 Å². The van der Waals surface area contributed by atoms with Crippen LogP contribution in [0.2, 0.25) is 0 Å². The zero-order valence-corrected chi connectivity index (χ0v) is 45.2. The molecule has 3 aromatic heterocycles. The molecular formula is C56H61F4N11O8S. The Morgan fingerprint density at radius 3 is 2.39 bits per heavy atom. The molecule has 0 radical (unpaired) electrons. The number of carbonyl (C=O) groups is 6. The van der Waals surface area contributed by atoms with Crippen molar-refractivity contribution in [2.24, 2.45) is 5.41 Å². The van der Waals surface area contributed by atoms with Crippen LogP contribution in [-0.2, 0) is 48.2 Å². The van der Waals surface area contributed by atoms with Gasteiger partial charge >= 0.3 is 6.36 Å². The van der Waals surface area contributed by atoms with Gasteiger partial charge in [0.05, 0.1) is 53.0 Å². The summed E-state index contributed by atoms with van der Waals surface area (Å²) >= 11 is 1.46. The summed E-state index contributed by atoms with van der Waals surface area (Å²) in [5.74, 6) is -3.70. The molecule has 19 nitrogen and oxygen atoms in total. The van der Waals surface area contributed by atoms with Gasteiger partial charge in [0.1, 0.15) is 35.6 Å². The number of benzene rings is 3. The zero-order chi connectivity index (χ0) is 57.3. The second-order valence-corrected chi connectivity index (χ2v) is 22.3. The highest BCUT2D eigenvalue weighted by atomic mass is 32.1. The average Bonchev–Trinajstić information content (AvgIpc) is 3.95. The maximum absolute atomic E-state index is 14.8. The van der Waals surface area contributed by atoms with Gasteiger partial charge < -0.3 is 51.2 Å². The average molecular weight is 1120 g/mol. The number of β-amino-alcohol motifs (C(OH)–C–C–N with tert-alkyl or cyclic N) is 1. The SMILES string of the molecule is Cc1ncsc1-c1ccc([C@H](CC(=O)NCC(=O)NCCCn2cc(-c3ccc4c(c3)CCN4C(=O)Cc3cccc(OC(F)(F)F)c3)c3c(N)ncnc32)NC(=O)[C@@H]2C[C@@H](O)CN2C(=O)C(NC(=O)C2(F)CC2)C(C)(C)C)cc1. The van der Waals surface area contributed by atoms with E-state index in [1.54, 1.807) is 49.4 Å². The number of rotatable bonds is 19. The number of hydrogen-bond donors (Lipinski definition) is 6. The number of thiazole rings is 1. The lowest BCUT2D eigenvalue weighted by Crippen LogP contribution is -2.59. The molecule has 9 rings (SSSR count). The lowest BCUT2D eigenvalue weighted by atomic mass is 9.85. The summed E-state index contributed by atoms with van der Waals surface area (Å²) in [4.78, 5) is 98.3. The Morgan fingerprint density at radius 1 is 0.938 bits per heavy atom. The third-order valence-electron chi connectivity index (χ3n) is 14.5. The number of likely N-dealkylation sites (tertiary alicyclic amines) is 1. The summed E-state index contributed by atoms with van der Waals surface area (Å²) in [6, 6.07) is 14.8. The van der Waals surface area contributed by atoms with Crippen molar-refractivity contribution in [1.29, 1.82) is 0 Å². The molecule has 1 saturated carbocycles.